The fourth-order valence-corrected chi connectivity index (χ4v) is 3.20. The molecular formula is C21H18N2O4. The summed E-state index contributed by atoms with van der Waals surface area (Å²) in [6.45, 7) is -0.156. The minimum Gasteiger partial charge on any atom is -0.497 e. The van der Waals surface area contributed by atoms with Gasteiger partial charge >= 0.3 is 11.7 Å². The first kappa shape index (κ1) is 16.9. The lowest BCUT2D eigenvalue weighted by Crippen LogP contribution is -2.27. The Balaban J connectivity index is 1.61. The Morgan fingerprint density at radius 3 is 2.33 bits per heavy atom. The van der Waals surface area contributed by atoms with E-state index >= 15 is 0 Å². The van der Waals surface area contributed by atoms with E-state index in [0.717, 1.165) is 22.0 Å². The van der Waals surface area contributed by atoms with Crippen molar-refractivity contribution in [2.45, 2.75) is 6.54 Å². The Labute approximate surface area is 155 Å². The van der Waals surface area contributed by atoms with Gasteiger partial charge in [0.2, 0.25) is 0 Å². The largest absolute Gasteiger partial charge is 0.497 e. The van der Waals surface area contributed by atoms with Crippen molar-refractivity contribution in [3.05, 3.63) is 71.1 Å². The number of aromatic nitrogens is 2. The molecule has 0 radical (unpaired) electrons. The Kier molecular flexibility index (Phi) is 4.16. The molecule has 1 heterocycles. The van der Waals surface area contributed by atoms with Crippen LogP contribution in [-0.4, -0.2) is 22.2 Å². The van der Waals surface area contributed by atoms with E-state index in [1.807, 2.05) is 48.5 Å². The van der Waals surface area contributed by atoms with E-state index in [-0.39, 0.29) is 12.2 Å². The number of carbonyl (C=O) groups is 1. The van der Waals surface area contributed by atoms with Crippen LogP contribution >= 0.6 is 0 Å². The summed E-state index contributed by atoms with van der Waals surface area (Å²) in [5, 5.41) is 1.92. The highest BCUT2D eigenvalue weighted by molar-refractivity contribution is 5.86. The quantitative estimate of drug-likeness (QED) is 0.413. The molecule has 0 unspecified atom stereocenters. The van der Waals surface area contributed by atoms with Gasteiger partial charge in [0.15, 0.2) is 0 Å². The molecule has 4 rings (SSSR count). The molecule has 136 valence electrons. The van der Waals surface area contributed by atoms with Crippen LogP contribution in [0, 0.1) is 0 Å². The van der Waals surface area contributed by atoms with E-state index in [4.69, 9.17) is 9.47 Å². The van der Waals surface area contributed by atoms with Gasteiger partial charge in [0, 0.05) is 7.05 Å². The van der Waals surface area contributed by atoms with Crippen LogP contribution in [0.1, 0.15) is 0 Å². The second-order valence-electron chi connectivity index (χ2n) is 6.27. The van der Waals surface area contributed by atoms with Crippen molar-refractivity contribution in [2.24, 2.45) is 7.05 Å². The molecule has 0 saturated heterocycles. The maximum Gasteiger partial charge on any atom is 0.331 e. The Morgan fingerprint density at radius 2 is 1.59 bits per heavy atom. The highest BCUT2D eigenvalue weighted by atomic mass is 16.5. The summed E-state index contributed by atoms with van der Waals surface area (Å²) in [6, 6.07) is 18.4. The third-order valence-electron chi connectivity index (χ3n) is 4.59. The van der Waals surface area contributed by atoms with Gasteiger partial charge in [-0.25, -0.2) is 9.59 Å². The third-order valence-corrected chi connectivity index (χ3v) is 4.59. The van der Waals surface area contributed by atoms with Gasteiger partial charge in [-0.05, 0) is 47.2 Å². The van der Waals surface area contributed by atoms with E-state index in [0.29, 0.717) is 11.3 Å². The number of ether oxygens (including phenoxy) is 2. The van der Waals surface area contributed by atoms with Crippen LogP contribution in [-0.2, 0) is 18.4 Å². The smallest absolute Gasteiger partial charge is 0.331 e. The molecule has 0 atom stereocenters. The van der Waals surface area contributed by atoms with Crippen LogP contribution in [0.25, 0.3) is 21.8 Å². The molecule has 0 amide bonds. The number of nitrogens with zero attached hydrogens (tertiary/aromatic N) is 2. The minimum atomic E-state index is -0.504. The SMILES string of the molecule is COc1ccc2ccc(OC(=O)Cn3c(=O)n(C)c4ccccc43)cc2c1. The van der Waals surface area contributed by atoms with Gasteiger partial charge in [-0.3, -0.25) is 9.13 Å². The zero-order valence-electron chi connectivity index (χ0n) is 15.0. The molecule has 0 aliphatic heterocycles. The Bertz CT molecular complexity index is 1220. The maximum atomic E-state index is 12.4. The first-order valence-electron chi connectivity index (χ1n) is 8.49. The molecular weight excluding hydrogens is 344 g/mol. The number of esters is 1. The van der Waals surface area contributed by atoms with Crippen molar-refractivity contribution in [1.29, 1.82) is 0 Å². The number of rotatable bonds is 4. The minimum absolute atomic E-state index is 0.156. The second kappa shape index (κ2) is 6.64. The fraction of sp³-hybridized carbons (Fsp3) is 0.143. The lowest BCUT2D eigenvalue weighted by Gasteiger charge is -2.07. The fourth-order valence-electron chi connectivity index (χ4n) is 3.20. The first-order chi connectivity index (χ1) is 13.1. The van der Waals surface area contributed by atoms with E-state index in [2.05, 4.69) is 0 Å². The van der Waals surface area contributed by atoms with Crippen LogP contribution in [0.2, 0.25) is 0 Å². The van der Waals surface area contributed by atoms with Crippen molar-refractivity contribution < 1.29 is 14.3 Å². The molecule has 0 bridgehead atoms. The second-order valence-corrected chi connectivity index (χ2v) is 6.27. The number of hydrogen-bond donors (Lipinski definition) is 0. The molecule has 0 aliphatic carbocycles. The molecule has 6 nitrogen and oxygen atoms in total. The van der Waals surface area contributed by atoms with Crippen LogP contribution in [0.5, 0.6) is 11.5 Å². The summed E-state index contributed by atoms with van der Waals surface area (Å²) in [5.41, 5.74) is 1.22. The number of para-hydroxylation sites is 2. The summed E-state index contributed by atoms with van der Waals surface area (Å²) < 4.78 is 13.6. The lowest BCUT2D eigenvalue weighted by atomic mass is 10.1. The van der Waals surface area contributed by atoms with Crippen molar-refractivity contribution in [3.8, 4) is 11.5 Å². The number of hydrogen-bond acceptors (Lipinski definition) is 4. The van der Waals surface area contributed by atoms with Gasteiger partial charge in [-0.1, -0.05) is 24.3 Å². The zero-order valence-corrected chi connectivity index (χ0v) is 15.0. The van der Waals surface area contributed by atoms with Crippen molar-refractivity contribution >= 4 is 27.8 Å². The Morgan fingerprint density at radius 1 is 0.926 bits per heavy atom. The number of carbonyl (C=O) groups excluding carboxylic acids is 1. The van der Waals surface area contributed by atoms with Crippen LogP contribution in [0.15, 0.2) is 65.5 Å². The van der Waals surface area contributed by atoms with Crippen LogP contribution in [0.4, 0.5) is 0 Å². The van der Waals surface area contributed by atoms with Gasteiger partial charge in [-0.2, -0.15) is 0 Å². The number of methoxy groups -OCH3 is 1. The van der Waals surface area contributed by atoms with Gasteiger partial charge in [-0.15, -0.1) is 0 Å². The summed E-state index contributed by atoms with van der Waals surface area (Å²) in [4.78, 5) is 24.9. The van der Waals surface area contributed by atoms with Crippen molar-refractivity contribution in [3.63, 3.8) is 0 Å². The van der Waals surface area contributed by atoms with E-state index in [9.17, 15) is 9.59 Å². The zero-order chi connectivity index (χ0) is 19.0. The average molecular weight is 362 g/mol. The summed E-state index contributed by atoms with van der Waals surface area (Å²) in [6.07, 6.45) is 0. The van der Waals surface area contributed by atoms with Gasteiger partial charge in [0.25, 0.3) is 0 Å². The molecule has 27 heavy (non-hydrogen) atoms. The first-order valence-corrected chi connectivity index (χ1v) is 8.49. The molecule has 0 fully saturated rings. The normalized spacial score (nSPS) is 11.0. The summed E-state index contributed by atoms with van der Waals surface area (Å²) in [7, 11) is 3.29. The number of aryl methyl sites for hydroxylation is 1. The van der Waals surface area contributed by atoms with E-state index in [1.54, 1.807) is 26.3 Å². The molecule has 1 aromatic heterocycles. The van der Waals surface area contributed by atoms with Gasteiger partial charge in [0.1, 0.15) is 18.0 Å². The highest BCUT2D eigenvalue weighted by Crippen LogP contribution is 2.25. The standard InChI is InChI=1S/C21H18N2O4/c1-22-18-5-3-4-6-19(18)23(21(22)25)13-20(24)27-17-10-8-14-7-9-16(26-2)11-15(14)12-17/h3-12H,13H2,1-2H3. The van der Waals surface area contributed by atoms with E-state index in [1.165, 1.54) is 9.13 Å². The molecule has 0 N–H and O–H groups in total. The number of imidazole rings is 1. The molecule has 4 aromatic rings. The van der Waals surface area contributed by atoms with Crippen molar-refractivity contribution in [2.75, 3.05) is 7.11 Å². The molecule has 0 spiro atoms. The van der Waals surface area contributed by atoms with Crippen LogP contribution < -0.4 is 15.2 Å². The van der Waals surface area contributed by atoms with Crippen LogP contribution in [0.3, 0.4) is 0 Å². The average Bonchev–Trinajstić information content (AvgIpc) is 2.92. The van der Waals surface area contributed by atoms with Gasteiger partial charge < -0.3 is 9.47 Å². The molecule has 0 aliphatic rings. The Hall–Kier alpha value is -3.54. The summed E-state index contributed by atoms with van der Waals surface area (Å²) in [5.74, 6) is 0.651. The highest BCUT2D eigenvalue weighted by Gasteiger charge is 2.14. The lowest BCUT2D eigenvalue weighted by molar-refractivity contribution is -0.135. The summed E-state index contributed by atoms with van der Waals surface area (Å²) >= 11 is 0. The number of benzene rings is 3. The van der Waals surface area contributed by atoms with E-state index < -0.39 is 5.97 Å². The molecule has 3 aromatic carbocycles. The molecule has 0 saturated carbocycles. The maximum absolute atomic E-state index is 12.4. The van der Waals surface area contributed by atoms with Gasteiger partial charge in [0.05, 0.1) is 18.1 Å². The van der Waals surface area contributed by atoms with Crippen molar-refractivity contribution in [1.82, 2.24) is 9.13 Å². The third kappa shape index (κ3) is 3.06. The number of fused-ring (bicyclic) bond motifs is 2. The predicted octanol–water partition coefficient (Wildman–Crippen LogP) is 3.11. The topological polar surface area (TPSA) is 62.5 Å². The molecule has 6 heteroatoms. The monoisotopic (exact) mass is 362 g/mol. The predicted molar refractivity (Wildman–Crippen MR) is 103 cm³/mol.